The molecule has 5 nitrogen and oxygen atoms in total. The summed E-state index contributed by atoms with van der Waals surface area (Å²) in [6.45, 7) is 0.541. The molecule has 1 atom stereocenters. The summed E-state index contributed by atoms with van der Waals surface area (Å²) in [7, 11) is 0. The molecule has 0 saturated carbocycles. The molecule has 0 unspecified atom stereocenters. The van der Waals surface area contributed by atoms with Crippen LogP contribution in [0.5, 0.6) is 0 Å². The highest BCUT2D eigenvalue weighted by molar-refractivity contribution is 5.92. The van der Waals surface area contributed by atoms with E-state index in [2.05, 4.69) is 4.74 Å². The van der Waals surface area contributed by atoms with E-state index < -0.39 is 47.7 Å². The number of nitrogens with one attached hydrogen (secondary N) is 1. The molecular formula is C11H10F3NO4. The minimum atomic E-state index is -1.71. The van der Waals surface area contributed by atoms with E-state index >= 15 is 0 Å². The zero-order chi connectivity index (χ0) is 14.6. The van der Waals surface area contributed by atoms with Gasteiger partial charge in [-0.3, -0.25) is 4.79 Å². The average Bonchev–Trinajstić information content (AvgIpc) is 2.36. The topological polar surface area (TPSA) is 75.6 Å². The molecule has 0 spiro atoms. The molecule has 1 rings (SSSR count). The molecule has 2 N–H and O–H groups in total. The van der Waals surface area contributed by atoms with Gasteiger partial charge >= 0.3 is 5.97 Å². The number of anilines is 1. The predicted molar refractivity (Wildman–Crippen MR) is 58.0 cm³/mol. The Labute approximate surface area is 106 Å². The number of carbonyl (C=O) groups is 2. The maximum Gasteiger partial charge on any atom is 0.332 e. The van der Waals surface area contributed by atoms with Gasteiger partial charge in [-0.2, -0.15) is 0 Å². The van der Waals surface area contributed by atoms with Crippen LogP contribution in [0.1, 0.15) is 6.92 Å². The Morgan fingerprint density at radius 1 is 1.32 bits per heavy atom. The number of rotatable bonds is 5. The van der Waals surface area contributed by atoms with Crippen LogP contribution in [0.2, 0.25) is 0 Å². The van der Waals surface area contributed by atoms with Gasteiger partial charge in [0, 0.05) is 0 Å². The fourth-order valence-electron chi connectivity index (χ4n) is 1.08. The smallest absolute Gasteiger partial charge is 0.332 e. The zero-order valence-electron chi connectivity index (χ0n) is 9.75. The highest BCUT2D eigenvalue weighted by Gasteiger charge is 2.17. The Morgan fingerprint density at radius 3 is 2.53 bits per heavy atom. The van der Waals surface area contributed by atoms with E-state index in [4.69, 9.17) is 5.11 Å². The van der Waals surface area contributed by atoms with Crippen molar-refractivity contribution >= 4 is 17.6 Å². The Balaban J connectivity index is 2.63. The van der Waals surface area contributed by atoms with E-state index in [1.165, 1.54) is 6.92 Å². The second kappa shape index (κ2) is 6.19. The molecule has 0 saturated heterocycles. The van der Waals surface area contributed by atoms with Gasteiger partial charge in [-0.15, -0.1) is 0 Å². The summed E-state index contributed by atoms with van der Waals surface area (Å²) in [5, 5.41) is 10.4. The van der Waals surface area contributed by atoms with Crippen LogP contribution in [0.15, 0.2) is 12.1 Å². The van der Waals surface area contributed by atoms with Crippen LogP contribution in [-0.4, -0.2) is 29.7 Å². The SMILES string of the molecule is C[C@@H](OCC(=O)Nc1ccc(F)c(F)c1F)C(=O)O. The molecule has 1 aromatic carbocycles. The van der Waals surface area contributed by atoms with E-state index in [1.807, 2.05) is 5.32 Å². The van der Waals surface area contributed by atoms with Gasteiger partial charge in [-0.05, 0) is 19.1 Å². The van der Waals surface area contributed by atoms with Crippen molar-refractivity contribution in [3.05, 3.63) is 29.6 Å². The van der Waals surface area contributed by atoms with Crippen LogP contribution < -0.4 is 5.32 Å². The van der Waals surface area contributed by atoms with Gasteiger partial charge in [0.05, 0.1) is 5.69 Å². The highest BCUT2D eigenvalue weighted by atomic mass is 19.2. The summed E-state index contributed by atoms with van der Waals surface area (Å²) in [5.41, 5.74) is -0.560. The number of ether oxygens (including phenoxy) is 1. The van der Waals surface area contributed by atoms with Gasteiger partial charge in [-0.25, -0.2) is 18.0 Å². The van der Waals surface area contributed by atoms with Crippen LogP contribution in [0.3, 0.4) is 0 Å². The van der Waals surface area contributed by atoms with Gasteiger partial charge in [0.1, 0.15) is 6.61 Å². The first-order valence-corrected chi connectivity index (χ1v) is 5.10. The molecular weight excluding hydrogens is 267 g/mol. The molecule has 0 heterocycles. The first-order chi connectivity index (χ1) is 8.82. The molecule has 19 heavy (non-hydrogen) atoms. The summed E-state index contributed by atoms with van der Waals surface area (Å²) in [6.07, 6.45) is -1.22. The fourth-order valence-corrected chi connectivity index (χ4v) is 1.08. The lowest BCUT2D eigenvalue weighted by atomic mass is 10.3. The summed E-state index contributed by atoms with van der Waals surface area (Å²) < 4.78 is 43.3. The van der Waals surface area contributed by atoms with Crippen molar-refractivity contribution in [1.29, 1.82) is 0 Å². The molecule has 0 aliphatic carbocycles. The quantitative estimate of drug-likeness (QED) is 0.800. The highest BCUT2D eigenvalue weighted by Crippen LogP contribution is 2.19. The third-order valence-electron chi connectivity index (χ3n) is 2.12. The summed E-state index contributed by atoms with van der Waals surface area (Å²) in [4.78, 5) is 21.7. The van der Waals surface area contributed by atoms with Gasteiger partial charge in [-0.1, -0.05) is 0 Å². The standard InChI is InChI=1S/C11H10F3NO4/c1-5(11(17)18)19-4-8(16)15-7-3-2-6(12)9(13)10(7)14/h2-3,5H,4H2,1H3,(H,15,16)(H,17,18)/t5-/m1/s1. The second-order valence-electron chi connectivity index (χ2n) is 3.56. The Morgan fingerprint density at radius 2 is 1.95 bits per heavy atom. The Bertz CT molecular complexity index is 507. The lowest BCUT2D eigenvalue weighted by Gasteiger charge is -2.10. The summed E-state index contributed by atoms with van der Waals surface area (Å²) >= 11 is 0. The molecule has 104 valence electrons. The number of hydrogen-bond donors (Lipinski definition) is 2. The minimum Gasteiger partial charge on any atom is -0.479 e. The van der Waals surface area contributed by atoms with Crippen molar-refractivity contribution in [1.82, 2.24) is 0 Å². The van der Waals surface area contributed by atoms with Crippen LogP contribution in [0, 0.1) is 17.5 Å². The van der Waals surface area contributed by atoms with Crippen molar-refractivity contribution < 1.29 is 32.6 Å². The number of carboxylic acids is 1. The first-order valence-electron chi connectivity index (χ1n) is 5.10. The molecule has 0 aliphatic rings. The average molecular weight is 277 g/mol. The summed E-state index contributed by atoms with van der Waals surface area (Å²) in [6, 6.07) is 1.49. The maximum atomic E-state index is 13.2. The van der Waals surface area contributed by atoms with Crippen LogP contribution in [0.25, 0.3) is 0 Å². The van der Waals surface area contributed by atoms with Gasteiger partial charge in [0.15, 0.2) is 23.6 Å². The normalized spacial score (nSPS) is 12.0. The van der Waals surface area contributed by atoms with E-state index in [1.54, 1.807) is 0 Å². The van der Waals surface area contributed by atoms with Crippen molar-refractivity contribution in [2.24, 2.45) is 0 Å². The van der Waals surface area contributed by atoms with Crippen molar-refractivity contribution in [3.8, 4) is 0 Å². The number of amides is 1. The Hall–Kier alpha value is -2.09. The molecule has 0 radical (unpaired) electrons. The van der Waals surface area contributed by atoms with E-state index in [-0.39, 0.29) is 0 Å². The van der Waals surface area contributed by atoms with Gasteiger partial charge in [0.25, 0.3) is 0 Å². The lowest BCUT2D eigenvalue weighted by molar-refractivity contribution is -0.150. The first kappa shape index (κ1) is 15.0. The van der Waals surface area contributed by atoms with Crippen LogP contribution in [0.4, 0.5) is 18.9 Å². The fraction of sp³-hybridized carbons (Fsp3) is 0.273. The van der Waals surface area contributed by atoms with E-state index in [9.17, 15) is 22.8 Å². The molecule has 0 bridgehead atoms. The minimum absolute atomic E-state index is 0.560. The Kier molecular flexibility index (Phi) is 4.87. The molecule has 0 aromatic heterocycles. The van der Waals surface area contributed by atoms with Crippen molar-refractivity contribution in [2.75, 3.05) is 11.9 Å². The van der Waals surface area contributed by atoms with E-state index in [0.717, 1.165) is 6.07 Å². The van der Waals surface area contributed by atoms with Gasteiger partial charge < -0.3 is 15.2 Å². The van der Waals surface area contributed by atoms with Gasteiger partial charge in [0.2, 0.25) is 5.91 Å². The molecule has 0 fully saturated rings. The van der Waals surface area contributed by atoms with Crippen LogP contribution in [-0.2, 0) is 14.3 Å². The predicted octanol–water partition coefficient (Wildman–Crippen LogP) is 1.53. The van der Waals surface area contributed by atoms with Crippen molar-refractivity contribution in [2.45, 2.75) is 13.0 Å². The molecule has 1 amide bonds. The third kappa shape index (κ3) is 3.95. The third-order valence-corrected chi connectivity index (χ3v) is 2.12. The lowest BCUT2D eigenvalue weighted by Crippen LogP contribution is -2.26. The monoisotopic (exact) mass is 277 g/mol. The number of benzene rings is 1. The number of carboxylic acid groups (broad SMARTS) is 1. The second-order valence-corrected chi connectivity index (χ2v) is 3.56. The zero-order valence-corrected chi connectivity index (χ0v) is 9.75. The number of halogens is 3. The van der Waals surface area contributed by atoms with Crippen molar-refractivity contribution in [3.63, 3.8) is 0 Å². The number of aliphatic carboxylic acids is 1. The largest absolute Gasteiger partial charge is 0.479 e. The summed E-state index contributed by atoms with van der Waals surface area (Å²) in [5.74, 6) is -6.80. The van der Waals surface area contributed by atoms with E-state index in [0.29, 0.717) is 6.07 Å². The van der Waals surface area contributed by atoms with Crippen LogP contribution >= 0.6 is 0 Å². The molecule has 0 aliphatic heterocycles. The number of hydrogen-bond acceptors (Lipinski definition) is 3. The maximum absolute atomic E-state index is 13.2. The molecule has 8 heteroatoms. The number of carbonyl (C=O) groups excluding carboxylic acids is 1. The molecule has 1 aromatic rings.